The molecule has 1 amide bonds. The molecule has 1 aromatic heterocycles. The van der Waals surface area contributed by atoms with Crippen molar-refractivity contribution in [1.82, 2.24) is 9.78 Å². The van der Waals surface area contributed by atoms with Crippen molar-refractivity contribution in [2.45, 2.75) is 20.0 Å². The fraction of sp³-hybridized carbons (Fsp3) is 0.150. The Morgan fingerprint density at radius 1 is 1.15 bits per heavy atom. The minimum Gasteiger partial charge on any atom is -0.449 e. The number of nitrogens with one attached hydrogen (secondary N) is 1. The zero-order chi connectivity index (χ0) is 19.4. The van der Waals surface area contributed by atoms with Crippen LogP contribution in [0.25, 0.3) is 5.69 Å². The van der Waals surface area contributed by atoms with Crippen molar-refractivity contribution in [3.8, 4) is 5.69 Å². The lowest BCUT2D eigenvalue weighted by Gasteiger charge is -2.14. The molecule has 0 radical (unpaired) electrons. The first-order chi connectivity index (χ1) is 12.9. The van der Waals surface area contributed by atoms with Crippen LogP contribution in [-0.2, 0) is 9.53 Å². The third kappa shape index (κ3) is 4.38. The smallest absolute Gasteiger partial charge is 0.338 e. The van der Waals surface area contributed by atoms with Crippen LogP contribution in [0.2, 0.25) is 0 Å². The molecule has 6 nitrogen and oxygen atoms in total. The second-order valence-corrected chi connectivity index (χ2v) is 5.98. The van der Waals surface area contributed by atoms with Crippen molar-refractivity contribution in [2.75, 3.05) is 5.32 Å². The lowest BCUT2D eigenvalue weighted by Crippen LogP contribution is -2.30. The van der Waals surface area contributed by atoms with Gasteiger partial charge in [0.2, 0.25) is 0 Å². The highest BCUT2D eigenvalue weighted by molar-refractivity contribution is 5.97. The Bertz CT molecular complexity index is 967. The summed E-state index contributed by atoms with van der Waals surface area (Å²) in [5, 5.41) is 6.70. The number of nitrogens with zero attached hydrogens (tertiary/aromatic N) is 2. The van der Waals surface area contributed by atoms with E-state index in [-0.39, 0.29) is 0 Å². The predicted molar refractivity (Wildman–Crippen MR) is 98.2 cm³/mol. The second-order valence-electron chi connectivity index (χ2n) is 5.98. The van der Waals surface area contributed by atoms with E-state index in [1.807, 2.05) is 13.0 Å². The first kappa shape index (κ1) is 18.3. The van der Waals surface area contributed by atoms with Crippen LogP contribution in [0.1, 0.15) is 23.0 Å². The molecule has 27 heavy (non-hydrogen) atoms. The number of aromatic nitrogens is 2. The summed E-state index contributed by atoms with van der Waals surface area (Å²) >= 11 is 0. The Kier molecular flexibility index (Phi) is 5.30. The van der Waals surface area contributed by atoms with Gasteiger partial charge in [0.05, 0.1) is 11.3 Å². The number of ether oxygens (including phenoxy) is 1. The standard InChI is InChI=1S/C20H18FN3O3/c1-13-10-11-22-24(13)18-8-6-15(7-9-18)20(26)27-14(2)19(25)23-17-5-3-4-16(21)12-17/h3-12,14H,1-2H3,(H,23,25)/t14-/m0/s1. The quantitative estimate of drug-likeness (QED) is 0.701. The van der Waals surface area contributed by atoms with Crippen LogP contribution in [0, 0.1) is 12.7 Å². The largest absolute Gasteiger partial charge is 0.449 e. The fourth-order valence-electron chi connectivity index (χ4n) is 2.47. The van der Waals surface area contributed by atoms with Gasteiger partial charge >= 0.3 is 5.97 Å². The Morgan fingerprint density at radius 3 is 2.52 bits per heavy atom. The van der Waals surface area contributed by atoms with Gasteiger partial charge in [0.1, 0.15) is 5.82 Å². The molecule has 0 fully saturated rings. The SMILES string of the molecule is Cc1ccnn1-c1ccc(C(=O)O[C@@H](C)C(=O)Nc2cccc(F)c2)cc1. The molecule has 0 bridgehead atoms. The number of esters is 1. The van der Waals surface area contributed by atoms with Crippen molar-refractivity contribution in [3.05, 3.63) is 77.9 Å². The number of rotatable bonds is 5. The molecule has 7 heteroatoms. The van der Waals surface area contributed by atoms with E-state index in [1.165, 1.54) is 25.1 Å². The average molecular weight is 367 g/mol. The first-order valence-corrected chi connectivity index (χ1v) is 8.32. The van der Waals surface area contributed by atoms with Gasteiger partial charge in [0.15, 0.2) is 6.10 Å². The highest BCUT2D eigenvalue weighted by Gasteiger charge is 2.19. The van der Waals surface area contributed by atoms with Crippen molar-refractivity contribution < 1.29 is 18.7 Å². The van der Waals surface area contributed by atoms with Gasteiger partial charge in [-0.1, -0.05) is 6.07 Å². The predicted octanol–water partition coefficient (Wildman–Crippen LogP) is 3.50. The fourth-order valence-corrected chi connectivity index (χ4v) is 2.47. The normalized spacial score (nSPS) is 11.7. The monoisotopic (exact) mass is 367 g/mol. The third-order valence-corrected chi connectivity index (χ3v) is 3.92. The lowest BCUT2D eigenvalue weighted by molar-refractivity contribution is -0.123. The zero-order valence-corrected chi connectivity index (χ0v) is 14.8. The van der Waals surface area contributed by atoms with Crippen LogP contribution in [-0.4, -0.2) is 27.8 Å². The third-order valence-electron chi connectivity index (χ3n) is 3.92. The topological polar surface area (TPSA) is 73.2 Å². The summed E-state index contributed by atoms with van der Waals surface area (Å²) in [4.78, 5) is 24.4. The number of halogens is 1. The maximum atomic E-state index is 13.2. The summed E-state index contributed by atoms with van der Waals surface area (Å²) < 4.78 is 20.1. The second kappa shape index (κ2) is 7.82. The summed E-state index contributed by atoms with van der Waals surface area (Å²) in [6.07, 6.45) is 0.657. The van der Waals surface area contributed by atoms with Crippen LogP contribution < -0.4 is 5.32 Å². The maximum Gasteiger partial charge on any atom is 0.338 e. The molecule has 1 atom stereocenters. The Labute approximate surface area is 155 Å². The summed E-state index contributed by atoms with van der Waals surface area (Å²) in [5.41, 5.74) is 2.38. The van der Waals surface area contributed by atoms with E-state index in [2.05, 4.69) is 10.4 Å². The molecule has 0 saturated carbocycles. The number of hydrogen-bond acceptors (Lipinski definition) is 4. The number of hydrogen-bond donors (Lipinski definition) is 1. The van der Waals surface area contributed by atoms with E-state index >= 15 is 0 Å². The van der Waals surface area contributed by atoms with E-state index in [4.69, 9.17) is 4.74 Å². The van der Waals surface area contributed by atoms with Crippen molar-refractivity contribution >= 4 is 17.6 Å². The molecule has 3 aromatic rings. The minimum absolute atomic E-state index is 0.293. The molecule has 0 aliphatic carbocycles. The lowest BCUT2D eigenvalue weighted by atomic mass is 10.2. The van der Waals surface area contributed by atoms with Gasteiger partial charge < -0.3 is 10.1 Å². The number of carbonyl (C=O) groups excluding carboxylic acids is 2. The van der Waals surface area contributed by atoms with Crippen LogP contribution in [0.4, 0.5) is 10.1 Å². The molecule has 0 saturated heterocycles. The molecule has 0 aliphatic heterocycles. The van der Waals surface area contributed by atoms with Gasteiger partial charge in [-0.15, -0.1) is 0 Å². The Hall–Kier alpha value is -3.48. The highest BCUT2D eigenvalue weighted by atomic mass is 19.1. The maximum absolute atomic E-state index is 13.2. The van der Waals surface area contributed by atoms with Crippen LogP contribution in [0.15, 0.2) is 60.8 Å². The van der Waals surface area contributed by atoms with Gasteiger partial charge in [-0.2, -0.15) is 5.10 Å². The van der Waals surface area contributed by atoms with Crippen molar-refractivity contribution in [2.24, 2.45) is 0 Å². The van der Waals surface area contributed by atoms with Gasteiger partial charge in [-0.3, -0.25) is 4.79 Å². The van der Waals surface area contributed by atoms with Gasteiger partial charge in [-0.25, -0.2) is 13.9 Å². The molecule has 138 valence electrons. The van der Waals surface area contributed by atoms with E-state index in [9.17, 15) is 14.0 Å². The van der Waals surface area contributed by atoms with E-state index in [0.29, 0.717) is 11.3 Å². The molecule has 2 aromatic carbocycles. The number of benzene rings is 2. The minimum atomic E-state index is -1.03. The van der Waals surface area contributed by atoms with Crippen LogP contribution in [0.5, 0.6) is 0 Å². The zero-order valence-electron chi connectivity index (χ0n) is 14.8. The summed E-state index contributed by atoms with van der Waals surface area (Å²) in [5.74, 6) is -1.64. The Balaban J connectivity index is 1.62. The summed E-state index contributed by atoms with van der Waals surface area (Å²) in [6.45, 7) is 3.38. The van der Waals surface area contributed by atoms with Gasteiger partial charge in [-0.05, 0) is 62.4 Å². The Morgan fingerprint density at radius 2 is 1.89 bits per heavy atom. The number of anilines is 1. The molecule has 1 N–H and O–H groups in total. The van der Waals surface area contributed by atoms with E-state index < -0.39 is 23.8 Å². The van der Waals surface area contributed by atoms with Crippen LogP contribution in [0.3, 0.4) is 0 Å². The molecular weight excluding hydrogens is 349 g/mol. The molecule has 3 rings (SSSR count). The van der Waals surface area contributed by atoms with E-state index in [0.717, 1.165) is 11.4 Å². The molecule has 0 aliphatic rings. The molecular formula is C20H18FN3O3. The molecule has 0 spiro atoms. The summed E-state index contributed by atoms with van der Waals surface area (Å²) in [7, 11) is 0. The number of carbonyl (C=O) groups is 2. The molecule has 1 heterocycles. The van der Waals surface area contributed by atoms with Crippen LogP contribution >= 0.6 is 0 Å². The first-order valence-electron chi connectivity index (χ1n) is 8.32. The average Bonchev–Trinajstić information content (AvgIpc) is 3.07. The number of amides is 1. The number of aryl methyl sites for hydroxylation is 1. The van der Waals surface area contributed by atoms with Gasteiger partial charge in [0.25, 0.3) is 5.91 Å². The van der Waals surface area contributed by atoms with E-state index in [1.54, 1.807) is 41.2 Å². The highest BCUT2D eigenvalue weighted by Crippen LogP contribution is 2.14. The molecule has 0 unspecified atom stereocenters. The van der Waals surface area contributed by atoms with Gasteiger partial charge in [0, 0.05) is 17.6 Å². The summed E-state index contributed by atoms with van der Waals surface area (Å²) in [6, 6.07) is 14.1. The van der Waals surface area contributed by atoms with Crippen molar-refractivity contribution in [1.29, 1.82) is 0 Å². The van der Waals surface area contributed by atoms with Crippen molar-refractivity contribution in [3.63, 3.8) is 0 Å².